The van der Waals surface area contributed by atoms with Crippen molar-refractivity contribution in [1.82, 2.24) is 5.32 Å². The highest BCUT2D eigenvalue weighted by Crippen LogP contribution is 2.25. The van der Waals surface area contributed by atoms with Crippen LogP contribution in [0.2, 0.25) is 5.02 Å². The molecule has 1 aliphatic rings. The van der Waals surface area contributed by atoms with Gasteiger partial charge in [0.25, 0.3) is 0 Å². The zero-order chi connectivity index (χ0) is 13.0. The molecule has 2 unspecified atom stereocenters. The molecule has 0 saturated heterocycles. The molecule has 1 saturated carbocycles. The van der Waals surface area contributed by atoms with Gasteiger partial charge in [-0.2, -0.15) is 0 Å². The average Bonchev–Trinajstić information content (AvgIpc) is 2.78. The van der Waals surface area contributed by atoms with Gasteiger partial charge in [-0.3, -0.25) is 4.79 Å². The SMILES string of the molecule is O=C(NCCc1ccccc1Cl)C1CCCC1O. The van der Waals surface area contributed by atoms with Crippen LogP contribution in [0, 0.1) is 5.92 Å². The summed E-state index contributed by atoms with van der Waals surface area (Å²) < 4.78 is 0. The van der Waals surface area contributed by atoms with Gasteiger partial charge in [-0.25, -0.2) is 0 Å². The third kappa shape index (κ3) is 3.24. The molecule has 1 fully saturated rings. The van der Waals surface area contributed by atoms with Crippen molar-refractivity contribution in [3.8, 4) is 0 Å². The van der Waals surface area contributed by atoms with E-state index in [-0.39, 0.29) is 11.8 Å². The zero-order valence-electron chi connectivity index (χ0n) is 10.2. The third-order valence-corrected chi connectivity index (χ3v) is 3.84. The Bertz CT molecular complexity index is 422. The molecule has 3 nitrogen and oxygen atoms in total. The predicted molar refractivity (Wildman–Crippen MR) is 71.5 cm³/mol. The van der Waals surface area contributed by atoms with Gasteiger partial charge >= 0.3 is 0 Å². The first-order valence-corrected chi connectivity index (χ1v) is 6.75. The second kappa shape index (κ2) is 6.21. The van der Waals surface area contributed by atoms with Gasteiger partial charge in [0.2, 0.25) is 5.91 Å². The Balaban J connectivity index is 1.79. The van der Waals surface area contributed by atoms with Crippen LogP contribution in [-0.4, -0.2) is 23.7 Å². The Morgan fingerprint density at radius 2 is 2.17 bits per heavy atom. The summed E-state index contributed by atoms with van der Waals surface area (Å²) in [5, 5.41) is 13.2. The second-order valence-electron chi connectivity index (χ2n) is 4.74. The van der Waals surface area contributed by atoms with Gasteiger partial charge in [0.15, 0.2) is 0 Å². The first-order valence-electron chi connectivity index (χ1n) is 6.37. The monoisotopic (exact) mass is 267 g/mol. The van der Waals surface area contributed by atoms with E-state index in [2.05, 4.69) is 5.32 Å². The molecule has 0 spiro atoms. The molecule has 0 bridgehead atoms. The summed E-state index contributed by atoms with van der Waals surface area (Å²) in [7, 11) is 0. The van der Waals surface area contributed by atoms with Gasteiger partial charge in [-0.05, 0) is 37.3 Å². The molecule has 1 aromatic rings. The first kappa shape index (κ1) is 13.4. The molecule has 98 valence electrons. The maximum absolute atomic E-state index is 11.8. The largest absolute Gasteiger partial charge is 0.392 e. The second-order valence-corrected chi connectivity index (χ2v) is 5.14. The molecule has 0 aliphatic heterocycles. The molecule has 0 radical (unpaired) electrons. The fourth-order valence-electron chi connectivity index (χ4n) is 2.40. The average molecular weight is 268 g/mol. The van der Waals surface area contributed by atoms with Crippen molar-refractivity contribution in [3.05, 3.63) is 34.9 Å². The molecule has 1 amide bonds. The number of aliphatic hydroxyl groups excluding tert-OH is 1. The lowest BCUT2D eigenvalue weighted by atomic mass is 10.1. The van der Waals surface area contributed by atoms with E-state index >= 15 is 0 Å². The highest BCUT2D eigenvalue weighted by molar-refractivity contribution is 6.31. The minimum atomic E-state index is -0.467. The van der Waals surface area contributed by atoms with Gasteiger partial charge in [0.1, 0.15) is 0 Å². The number of amides is 1. The Kier molecular flexibility index (Phi) is 4.61. The first-order chi connectivity index (χ1) is 8.68. The number of aliphatic hydroxyl groups is 1. The third-order valence-electron chi connectivity index (χ3n) is 3.47. The Labute approximate surface area is 112 Å². The molecule has 1 aromatic carbocycles. The van der Waals surface area contributed by atoms with Crippen LogP contribution in [0.15, 0.2) is 24.3 Å². The molecule has 1 aliphatic carbocycles. The van der Waals surface area contributed by atoms with Crippen LogP contribution in [0.25, 0.3) is 0 Å². The van der Waals surface area contributed by atoms with Gasteiger partial charge in [-0.1, -0.05) is 29.8 Å². The number of nitrogens with one attached hydrogen (secondary N) is 1. The standard InChI is InChI=1S/C14H18ClNO2/c15-12-6-2-1-4-10(12)8-9-16-14(18)11-5-3-7-13(11)17/h1-2,4,6,11,13,17H,3,5,7-9H2,(H,16,18). The molecular weight excluding hydrogens is 250 g/mol. The van der Waals surface area contributed by atoms with Crippen molar-refractivity contribution < 1.29 is 9.90 Å². The highest BCUT2D eigenvalue weighted by Gasteiger charge is 2.30. The van der Waals surface area contributed by atoms with Crippen LogP contribution < -0.4 is 5.32 Å². The minimum Gasteiger partial charge on any atom is -0.392 e. The molecule has 0 aromatic heterocycles. The van der Waals surface area contributed by atoms with Crippen molar-refractivity contribution in [2.45, 2.75) is 31.8 Å². The normalized spacial score (nSPS) is 23.0. The van der Waals surface area contributed by atoms with E-state index in [4.69, 9.17) is 11.6 Å². The number of halogens is 1. The maximum Gasteiger partial charge on any atom is 0.225 e. The quantitative estimate of drug-likeness (QED) is 0.878. The van der Waals surface area contributed by atoms with Gasteiger partial charge in [0, 0.05) is 11.6 Å². The van der Waals surface area contributed by atoms with Crippen molar-refractivity contribution >= 4 is 17.5 Å². The van der Waals surface area contributed by atoms with Crippen LogP contribution in [0.1, 0.15) is 24.8 Å². The van der Waals surface area contributed by atoms with Crippen molar-refractivity contribution in [2.24, 2.45) is 5.92 Å². The lowest BCUT2D eigenvalue weighted by Crippen LogP contribution is -2.35. The highest BCUT2D eigenvalue weighted by atomic mass is 35.5. The van der Waals surface area contributed by atoms with Gasteiger partial charge in [-0.15, -0.1) is 0 Å². The van der Waals surface area contributed by atoms with E-state index in [1.807, 2.05) is 24.3 Å². The number of carbonyl (C=O) groups excluding carboxylic acids is 1. The van der Waals surface area contributed by atoms with Crippen LogP contribution in [-0.2, 0) is 11.2 Å². The Hall–Kier alpha value is -1.06. The van der Waals surface area contributed by atoms with E-state index in [1.54, 1.807) is 0 Å². The molecule has 2 rings (SSSR count). The Morgan fingerprint density at radius 1 is 1.39 bits per heavy atom. The van der Waals surface area contributed by atoms with Crippen LogP contribution in [0.3, 0.4) is 0 Å². The summed E-state index contributed by atoms with van der Waals surface area (Å²) in [5.74, 6) is -0.261. The van der Waals surface area contributed by atoms with Crippen LogP contribution in [0.4, 0.5) is 0 Å². The van der Waals surface area contributed by atoms with Crippen LogP contribution >= 0.6 is 11.6 Å². The minimum absolute atomic E-state index is 0.0351. The van der Waals surface area contributed by atoms with Crippen LogP contribution in [0.5, 0.6) is 0 Å². The molecule has 2 atom stereocenters. The van der Waals surface area contributed by atoms with E-state index in [0.29, 0.717) is 13.0 Å². The molecular formula is C14H18ClNO2. The van der Waals surface area contributed by atoms with Gasteiger partial charge < -0.3 is 10.4 Å². The van der Waals surface area contributed by atoms with Crippen molar-refractivity contribution in [3.63, 3.8) is 0 Å². The van der Waals surface area contributed by atoms with Gasteiger partial charge in [0.05, 0.1) is 12.0 Å². The van der Waals surface area contributed by atoms with E-state index in [9.17, 15) is 9.90 Å². The lowest BCUT2D eigenvalue weighted by Gasteiger charge is -2.14. The van der Waals surface area contributed by atoms with Crippen molar-refractivity contribution in [1.29, 1.82) is 0 Å². The molecule has 0 heterocycles. The summed E-state index contributed by atoms with van der Waals surface area (Å²) in [5.41, 5.74) is 1.03. The Morgan fingerprint density at radius 3 is 2.83 bits per heavy atom. The summed E-state index contributed by atoms with van der Waals surface area (Å²) in [6.45, 7) is 0.561. The number of hydrogen-bond acceptors (Lipinski definition) is 2. The van der Waals surface area contributed by atoms with E-state index in [1.165, 1.54) is 0 Å². The number of carbonyl (C=O) groups is 1. The summed E-state index contributed by atoms with van der Waals surface area (Å²) in [6, 6.07) is 7.63. The molecule has 4 heteroatoms. The summed E-state index contributed by atoms with van der Waals surface area (Å²) in [4.78, 5) is 11.8. The summed E-state index contributed by atoms with van der Waals surface area (Å²) >= 11 is 6.04. The smallest absolute Gasteiger partial charge is 0.225 e. The van der Waals surface area contributed by atoms with Crippen molar-refractivity contribution in [2.75, 3.05) is 6.54 Å². The fourth-order valence-corrected chi connectivity index (χ4v) is 2.63. The summed E-state index contributed by atoms with van der Waals surface area (Å²) in [6.07, 6.45) is 2.71. The lowest BCUT2D eigenvalue weighted by molar-refractivity contribution is -0.127. The van der Waals surface area contributed by atoms with E-state index in [0.717, 1.165) is 29.8 Å². The number of hydrogen-bond donors (Lipinski definition) is 2. The molecule has 2 N–H and O–H groups in total. The maximum atomic E-state index is 11.8. The molecule has 18 heavy (non-hydrogen) atoms. The van der Waals surface area contributed by atoms with E-state index < -0.39 is 6.10 Å². The predicted octanol–water partition coefficient (Wildman–Crippen LogP) is 2.16. The number of benzene rings is 1. The topological polar surface area (TPSA) is 49.3 Å². The zero-order valence-corrected chi connectivity index (χ0v) is 11.0. The fraction of sp³-hybridized carbons (Fsp3) is 0.500. The number of rotatable bonds is 4.